The Hall–Kier alpha value is -2.33. The number of benzene rings is 2. The third-order valence-corrected chi connectivity index (χ3v) is 4.32. The van der Waals surface area contributed by atoms with Crippen molar-refractivity contribution in [2.24, 2.45) is 11.8 Å². The maximum absolute atomic E-state index is 13.8. The van der Waals surface area contributed by atoms with Crippen LogP contribution in [0.3, 0.4) is 0 Å². The largest absolute Gasteiger partial charge is 0.493 e. The fourth-order valence-corrected chi connectivity index (χ4v) is 2.99. The minimum absolute atomic E-state index is 0.212. The van der Waals surface area contributed by atoms with E-state index in [2.05, 4.69) is 0 Å². The zero-order valence-electron chi connectivity index (χ0n) is 33.6. The van der Waals surface area contributed by atoms with Gasteiger partial charge in [-0.2, -0.15) is 0 Å². The lowest BCUT2D eigenvalue weighted by Crippen LogP contribution is -2.34. The molecule has 2 aromatic carbocycles. The van der Waals surface area contributed by atoms with Crippen LogP contribution < -0.4 is 9.47 Å². The number of piperidine rings is 1. The minimum atomic E-state index is -4.06. The van der Waals surface area contributed by atoms with Crippen LogP contribution in [0.2, 0.25) is 0 Å². The summed E-state index contributed by atoms with van der Waals surface area (Å²) >= 11 is 0. The molecule has 0 bridgehead atoms. The number of fused-ring (bicyclic) bond motifs is 1. The lowest BCUT2D eigenvalue weighted by atomic mass is 9.85. The first-order valence-corrected chi connectivity index (χ1v) is 8.39. The number of hydrogen-bond acceptors (Lipinski definition) is 4. The fraction of sp³-hybridized carbons (Fsp3) is 0.458. The van der Waals surface area contributed by atoms with Gasteiger partial charge in [-0.05, 0) is 67.6 Å². The van der Waals surface area contributed by atoms with Crippen LogP contribution in [-0.4, -0.2) is 37.8 Å². The fourth-order valence-electron chi connectivity index (χ4n) is 2.99. The Labute approximate surface area is 194 Å². The molecule has 1 saturated heterocycles. The highest BCUT2D eigenvalue weighted by molar-refractivity contribution is 6.02. The van der Waals surface area contributed by atoms with E-state index in [0.717, 1.165) is 0 Å². The standard InChI is InChI=1S/C24H29NO3/c1-27-22-14-19-13-20(24(26)21(19)15-23(22)28-2)12-17-8-10-25(11-9-17)16-18-6-4-3-5-7-18/h3-7,14-15,17,20H,8-13,16H2,1-2H3/i1D3,2D3,8D2,9D2,10D2,11D2,12D2,14D,15D,17D. The van der Waals surface area contributed by atoms with Gasteiger partial charge in [0.15, 0.2) is 17.3 Å². The molecule has 2 aliphatic rings. The average molecular weight is 399 g/mol. The topological polar surface area (TPSA) is 38.8 Å². The van der Waals surface area contributed by atoms with E-state index in [1.54, 1.807) is 6.07 Å². The number of rotatable bonds is 6. The summed E-state index contributed by atoms with van der Waals surface area (Å²) in [5.41, 5.74) is -1.20. The lowest BCUT2D eigenvalue weighted by Gasteiger charge is -2.32. The Morgan fingerprint density at radius 2 is 1.93 bits per heavy atom. The van der Waals surface area contributed by atoms with Gasteiger partial charge in [0, 0.05) is 33.1 Å². The second kappa shape index (κ2) is 8.36. The van der Waals surface area contributed by atoms with Gasteiger partial charge in [-0.1, -0.05) is 30.3 Å². The number of nitrogens with zero attached hydrogens (tertiary/aromatic N) is 1. The average Bonchev–Trinajstić information content (AvgIpc) is 3.28. The van der Waals surface area contributed by atoms with Crippen molar-refractivity contribution in [1.29, 1.82) is 0 Å². The molecule has 1 unspecified atom stereocenters. The molecule has 1 fully saturated rings. The van der Waals surface area contributed by atoms with Crippen molar-refractivity contribution in [1.82, 2.24) is 4.90 Å². The van der Waals surface area contributed by atoms with E-state index in [1.807, 2.05) is 0 Å². The van der Waals surface area contributed by atoms with Crippen molar-refractivity contribution in [2.75, 3.05) is 27.1 Å². The van der Waals surface area contributed by atoms with Crippen LogP contribution >= 0.6 is 0 Å². The van der Waals surface area contributed by atoms with Crippen LogP contribution in [0.4, 0.5) is 0 Å². The SMILES string of the molecule is [2H]c1c2c(c([2H])c(OC([2H])([2H])[2H])c1OC([2H])([2H])[2H])C(=O)C(C([2H])([2H])C1([2H])C([2H])([2H])C([2H])([2H])N(Cc3ccccc3)C([2H])([2H])C1([2H])[2H])C2. The third kappa shape index (κ3) is 3.93. The number of ether oxygens (including phenoxy) is 2. The molecule has 1 atom stereocenters. The number of ketones is 1. The van der Waals surface area contributed by atoms with E-state index < -0.39 is 111 Å². The lowest BCUT2D eigenvalue weighted by molar-refractivity contribution is 0.0895. The molecular formula is C24H29NO3. The molecule has 0 saturated carbocycles. The Morgan fingerprint density at radius 1 is 1.21 bits per heavy atom. The van der Waals surface area contributed by atoms with Gasteiger partial charge in [-0.3, -0.25) is 9.69 Å². The first kappa shape index (κ1) is 6.88. The maximum Gasteiger partial charge on any atom is 0.166 e. The number of Topliss-reactive ketones (excluding diaryl/α,β-unsaturated/α-hetero) is 1. The molecule has 0 amide bonds. The summed E-state index contributed by atoms with van der Waals surface area (Å²) in [7, 11) is -6.69. The summed E-state index contributed by atoms with van der Waals surface area (Å²) in [6.07, 6.45) is -12.6. The van der Waals surface area contributed by atoms with Crippen LogP contribution in [0.5, 0.6) is 11.5 Å². The summed E-state index contributed by atoms with van der Waals surface area (Å²) < 4.78 is 168. The summed E-state index contributed by atoms with van der Waals surface area (Å²) in [5.74, 6) is -10.2. The zero-order chi connectivity index (χ0) is 36.1. The van der Waals surface area contributed by atoms with Crippen LogP contribution in [0.15, 0.2) is 42.4 Å². The van der Waals surface area contributed by atoms with Crippen LogP contribution in [0, 0.1) is 11.8 Å². The highest BCUT2D eigenvalue weighted by atomic mass is 16.5. The molecule has 0 radical (unpaired) electrons. The van der Waals surface area contributed by atoms with Gasteiger partial charge < -0.3 is 9.47 Å². The Kier molecular flexibility index (Phi) is 2.05. The summed E-state index contributed by atoms with van der Waals surface area (Å²) in [6.45, 7) is -7.88. The molecule has 148 valence electrons. The first-order chi connectivity index (χ1) is 21.0. The number of methoxy groups -OCH3 is 2. The van der Waals surface area contributed by atoms with Gasteiger partial charge in [0.25, 0.3) is 0 Å². The van der Waals surface area contributed by atoms with Gasteiger partial charge in [-0.25, -0.2) is 0 Å². The van der Waals surface area contributed by atoms with Gasteiger partial charge in [0.1, 0.15) is 0 Å². The molecule has 0 spiro atoms. The normalized spacial score (nSPS) is 39.9. The molecule has 0 aromatic heterocycles. The molecule has 28 heavy (non-hydrogen) atoms. The van der Waals surface area contributed by atoms with Crippen molar-refractivity contribution in [3.8, 4) is 11.5 Å². The van der Waals surface area contributed by atoms with Gasteiger partial charge >= 0.3 is 0 Å². The van der Waals surface area contributed by atoms with Gasteiger partial charge in [-0.15, -0.1) is 0 Å². The molecule has 4 heteroatoms. The Bertz CT molecular complexity index is 1540. The van der Waals surface area contributed by atoms with Gasteiger partial charge in [0.05, 0.1) is 25.0 Å². The van der Waals surface area contributed by atoms with Gasteiger partial charge in [0.2, 0.25) is 0 Å². The van der Waals surface area contributed by atoms with E-state index in [9.17, 15) is 4.79 Å². The number of likely N-dealkylation sites (tertiary alicyclic amines) is 1. The molecule has 1 aliphatic carbocycles. The summed E-state index contributed by atoms with van der Waals surface area (Å²) in [5, 5.41) is 0. The van der Waals surface area contributed by atoms with Crippen molar-refractivity contribution >= 4 is 5.78 Å². The Balaban J connectivity index is 1.91. The van der Waals surface area contributed by atoms with E-state index in [0.29, 0.717) is 0 Å². The molecular weight excluding hydrogens is 350 g/mol. The molecule has 0 N–H and O–H groups in total. The predicted octanol–water partition coefficient (Wildman–Crippen LogP) is 4.36. The second-order valence-corrected chi connectivity index (χ2v) is 6.15. The molecule has 1 heterocycles. The summed E-state index contributed by atoms with van der Waals surface area (Å²) in [6, 6.07) is 5.39. The predicted molar refractivity (Wildman–Crippen MR) is 110 cm³/mol. The zero-order valence-corrected chi connectivity index (χ0v) is 14.6. The highest BCUT2D eigenvalue weighted by Crippen LogP contribution is 2.39. The Morgan fingerprint density at radius 3 is 2.64 bits per heavy atom. The van der Waals surface area contributed by atoms with E-state index in [4.69, 9.17) is 35.5 Å². The monoisotopic (exact) mass is 398 g/mol. The van der Waals surface area contributed by atoms with Crippen molar-refractivity contribution in [2.45, 2.75) is 32.1 Å². The summed E-state index contributed by atoms with van der Waals surface area (Å²) in [4.78, 5) is 14.1. The first-order valence-electron chi connectivity index (χ1n) is 17.9. The second-order valence-electron chi connectivity index (χ2n) is 6.15. The molecule has 4 nitrogen and oxygen atoms in total. The number of carbonyl (C=O) groups excluding carboxylic acids is 1. The van der Waals surface area contributed by atoms with E-state index in [-0.39, 0.29) is 10.5 Å². The van der Waals surface area contributed by atoms with Crippen molar-refractivity contribution in [3.05, 3.63) is 59.1 Å². The third-order valence-electron chi connectivity index (χ3n) is 4.32. The molecule has 2 aromatic rings. The highest BCUT2D eigenvalue weighted by Gasteiger charge is 2.34. The van der Waals surface area contributed by atoms with E-state index >= 15 is 0 Å². The van der Waals surface area contributed by atoms with Crippen LogP contribution in [0.1, 0.15) is 66.6 Å². The number of hydrogen-bond donors (Lipinski definition) is 0. The van der Waals surface area contributed by atoms with Crippen molar-refractivity contribution < 1.29 is 40.3 Å². The molecule has 1 aliphatic heterocycles. The minimum Gasteiger partial charge on any atom is -0.493 e. The number of carbonyl (C=O) groups is 1. The van der Waals surface area contributed by atoms with Crippen molar-refractivity contribution in [3.63, 3.8) is 0 Å². The maximum atomic E-state index is 13.8. The van der Waals surface area contributed by atoms with Crippen LogP contribution in [0.25, 0.3) is 0 Å². The molecule has 4 rings (SSSR count). The van der Waals surface area contributed by atoms with Crippen LogP contribution in [-0.2, 0) is 13.0 Å². The smallest absolute Gasteiger partial charge is 0.166 e. The van der Waals surface area contributed by atoms with E-state index in [1.165, 1.54) is 24.3 Å². The quantitative estimate of drug-likeness (QED) is 0.725.